The van der Waals surface area contributed by atoms with E-state index in [1.54, 1.807) is 12.3 Å². The molecule has 74 valence electrons. The Morgan fingerprint density at radius 1 is 1.43 bits per heavy atom. The highest BCUT2D eigenvalue weighted by Gasteiger charge is 2.10. The van der Waals surface area contributed by atoms with E-state index < -0.39 is 0 Å². The van der Waals surface area contributed by atoms with Gasteiger partial charge in [0.15, 0.2) is 0 Å². The lowest BCUT2D eigenvalue weighted by atomic mass is 10.1. The van der Waals surface area contributed by atoms with Gasteiger partial charge in [0.2, 0.25) is 0 Å². The van der Waals surface area contributed by atoms with E-state index in [2.05, 4.69) is 17.6 Å². The molecule has 0 unspecified atom stereocenters. The van der Waals surface area contributed by atoms with Crippen LogP contribution in [0.4, 0.5) is 4.39 Å². The van der Waals surface area contributed by atoms with Crippen LogP contribution in [0.15, 0.2) is 23.2 Å². The van der Waals surface area contributed by atoms with Crippen LogP contribution in [0.5, 0.6) is 0 Å². The molecule has 4 heteroatoms. The SMILES string of the molecule is NCCc1c[nH]c2ccc(S)c(F)c12. The minimum atomic E-state index is -0.268. The third-order valence-electron chi connectivity index (χ3n) is 2.26. The van der Waals surface area contributed by atoms with E-state index in [1.165, 1.54) is 0 Å². The molecule has 2 aromatic rings. The molecular formula is C10H11FN2S. The molecule has 1 aromatic carbocycles. The maximum Gasteiger partial charge on any atom is 0.146 e. The van der Waals surface area contributed by atoms with Crippen molar-refractivity contribution in [2.75, 3.05) is 6.54 Å². The highest BCUT2D eigenvalue weighted by molar-refractivity contribution is 7.80. The summed E-state index contributed by atoms with van der Waals surface area (Å²) in [4.78, 5) is 3.38. The Kier molecular flexibility index (Phi) is 2.48. The summed E-state index contributed by atoms with van der Waals surface area (Å²) in [5.41, 5.74) is 7.15. The fourth-order valence-corrected chi connectivity index (χ4v) is 1.78. The fourth-order valence-electron chi connectivity index (χ4n) is 1.59. The second-order valence-corrected chi connectivity index (χ2v) is 3.66. The molecule has 0 amide bonds. The fraction of sp³-hybridized carbons (Fsp3) is 0.200. The number of nitrogens with one attached hydrogen (secondary N) is 1. The predicted octanol–water partition coefficient (Wildman–Crippen LogP) is 2.10. The number of aromatic nitrogens is 1. The average molecular weight is 210 g/mol. The van der Waals surface area contributed by atoms with Gasteiger partial charge in [-0.2, -0.15) is 0 Å². The Labute approximate surface area is 86.7 Å². The molecular weight excluding hydrogens is 199 g/mol. The lowest BCUT2D eigenvalue weighted by Crippen LogP contribution is -2.02. The quantitative estimate of drug-likeness (QED) is 0.653. The highest BCUT2D eigenvalue weighted by Crippen LogP contribution is 2.26. The van der Waals surface area contributed by atoms with Gasteiger partial charge in [-0.25, -0.2) is 4.39 Å². The Balaban J connectivity index is 2.69. The highest BCUT2D eigenvalue weighted by atomic mass is 32.1. The number of aromatic amines is 1. The topological polar surface area (TPSA) is 41.8 Å². The number of hydrogen-bond donors (Lipinski definition) is 3. The van der Waals surface area contributed by atoms with Gasteiger partial charge in [0.1, 0.15) is 5.82 Å². The van der Waals surface area contributed by atoms with Crippen LogP contribution in [-0.2, 0) is 6.42 Å². The van der Waals surface area contributed by atoms with E-state index in [1.807, 2.05) is 6.07 Å². The molecule has 0 fully saturated rings. The van der Waals surface area contributed by atoms with Crippen LogP contribution in [0.1, 0.15) is 5.56 Å². The third kappa shape index (κ3) is 1.40. The molecule has 0 spiro atoms. The van der Waals surface area contributed by atoms with E-state index in [0.717, 1.165) is 11.1 Å². The van der Waals surface area contributed by atoms with Gasteiger partial charge < -0.3 is 10.7 Å². The molecule has 1 heterocycles. The van der Waals surface area contributed by atoms with Crippen LogP contribution in [0.25, 0.3) is 10.9 Å². The van der Waals surface area contributed by atoms with Crippen LogP contribution >= 0.6 is 12.6 Å². The number of benzene rings is 1. The maximum absolute atomic E-state index is 13.7. The normalized spacial score (nSPS) is 11.1. The van der Waals surface area contributed by atoms with Gasteiger partial charge in [-0.05, 0) is 30.7 Å². The van der Waals surface area contributed by atoms with Crippen molar-refractivity contribution in [3.8, 4) is 0 Å². The second kappa shape index (κ2) is 3.63. The van der Waals surface area contributed by atoms with Crippen molar-refractivity contribution in [3.05, 3.63) is 29.7 Å². The van der Waals surface area contributed by atoms with Crippen LogP contribution < -0.4 is 5.73 Å². The standard InChI is InChI=1S/C10H11FN2S/c11-10-8(14)2-1-7-9(10)6(3-4-12)5-13-7/h1-2,5,13-14H,3-4,12H2. The minimum Gasteiger partial charge on any atom is -0.361 e. The van der Waals surface area contributed by atoms with E-state index in [-0.39, 0.29) is 5.82 Å². The van der Waals surface area contributed by atoms with E-state index in [9.17, 15) is 4.39 Å². The second-order valence-electron chi connectivity index (χ2n) is 3.17. The first-order chi connectivity index (χ1) is 6.74. The van der Waals surface area contributed by atoms with Gasteiger partial charge in [0.25, 0.3) is 0 Å². The molecule has 0 radical (unpaired) electrons. The van der Waals surface area contributed by atoms with E-state index >= 15 is 0 Å². The van der Waals surface area contributed by atoms with E-state index in [4.69, 9.17) is 5.73 Å². The van der Waals surface area contributed by atoms with Gasteiger partial charge in [-0.1, -0.05) is 0 Å². The van der Waals surface area contributed by atoms with Crippen molar-refractivity contribution in [1.82, 2.24) is 4.98 Å². The molecule has 3 N–H and O–H groups in total. The molecule has 0 saturated carbocycles. The summed E-state index contributed by atoms with van der Waals surface area (Å²) in [6, 6.07) is 3.46. The summed E-state index contributed by atoms with van der Waals surface area (Å²) in [6.07, 6.45) is 2.47. The molecule has 0 bridgehead atoms. The smallest absolute Gasteiger partial charge is 0.146 e. The van der Waals surface area contributed by atoms with Crippen molar-refractivity contribution in [3.63, 3.8) is 0 Å². The zero-order valence-electron chi connectivity index (χ0n) is 7.55. The average Bonchev–Trinajstić information content (AvgIpc) is 2.57. The molecule has 2 rings (SSSR count). The number of fused-ring (bicyclic) bond motifs is 1. The van der Waals surface area contributed by atoms with Crippen molar-refractivity contribution >= 4 is 23.5 Å². The molecule has 2 nitrogen and oxygen atoms in total. The molecule has 14 heavy (non-hydrogen) atoms. The third-order valence-corrected chi connectivity index (χ3v) is 2.60. The van der Waals surface area contributed by atoms with Gasteiger partial charge in [-0.3, -0.25) is 0 Å². The summed E-state index contributed by atoms with van der Waals surface area (Å²) in [5, 5.41) is 0.614. The molecule has 0 aliphatic heterocycles. The van der Waals surface area contributed by atoms with Gasteiger partial charge in [0, 0.05) is 22.0 Å². The van der Waals surface area contributed by atoms with Crippen molar-refractivity contribution < 1.29 is 4.39 Å². The number of H-pyrrole nitrogens is 1. The molecule has 0 aliphatic carbocycles. The van der Waals surface area contributed by atoms with Gasteiger partial charge in [-0.15, -0.1) is 12.6 Å². The monoisotopic (exact) mass is 210 g/mol. The van der Waals surface area contributed by atoms with Crippen LogP contribution in [0, 0.1) is 5.82 Å². The van der Waals surface area contributed by atoms with Crippen molar-refractivity contribution in [1.29, 1.82) is 0 Å². The predicted molar refractivity (Wildman–Crippen MR) is 58.3 cm³/mol. The first-order valence-corrected chi connectivity index (χ1v) is 4.86. The molecule has 0 saturated heterocycles. The first-order valence-electron chi connectivity index (χ1n) is 4.41. The number of rotatable bonds is 2. The van der Waals surface area contributed by atoms with Crippen LogP contribution in [0.2, 0.25) is 0 Å². The van der Waals surface area contributed by atoms with Gasteiger partial charge >= 0.3 is 0 Å². The Bertz CT molecular complexity index is 464. The van der Waals surface area contributed by atoms with Crippen molar-refractivity contribution in [2.24, 2.45) is 5.73 Å². The Morgan fingerprint density at radius 2 is 2.21 bits per heavy atom. The lowest BCUT2D eigenvalue weighted by Gasteiger charge is -2.00. The minimum absolute atomic E-state index is 0.268. The Morgan fingerprint density at radius 3 is 2.93 bits per heavy atom. The molecule has 0 aliphatic rings. The van der Waals surface area contributed by atoms with E-state index in [0.29, 0.717) is 23.2 Å². The summed E-state index contributed by atoms with van der Waals surface area (Å²) in [7, 11) is 0. The number of nitrogens with two attached hydrogens (primary N) is 1. The number of hydrogen-bond acceptors (Lipinski definition) is 2. The molecule has 1 aromatic heterocycles. The zero-order valence-corrected chi connectivity index (χ0v) is 8.44. The first kappa shape index (κ1) is 9.55. The van der Waals surface area contributed by atoms with Crippen LogP contribution in [-0.4, -0.2) is 11.5 Å². The summed E-state index contributed by atoms with van der Waals surface area (Å²) < 4.78 is 13.7. The number of thiol groups is 1. The van der Waals surface area contributed by atoms with Gasteiger partial charge in [0.05, 0.1) is 0 Å². The largest absolute Gasteiger partial charge is 0.361 e. The van der Waals surface area contributed by atoms with Crippen LogP contribution in [0.3, 0.4) is 0 Å². The maximum atomic E-state index is 13.7. The number of halogens is 1. The zero-order chi connectivity index (χ0) is 10.1. The molecule has 0 atom stereocenters. The Hall–Kier alpha value is -1.00. The summed E-state index contributed by atoms with van der Waals surface area (Å²) >= 11 is 4.04. The summed E-state index contributed by atoms with van der Waals surface area (Å²) in [6.45, 7) is 0.517. The van der Waals surface area contributed by atoms with Crippen molar-refractivity contribution in [2.45, 2.75) is 11.3 Å². The lowest BCUT2D eigenvalue weighted by molar-refractivity contribution is 0.614. The summed E-state index contributed by atoms with van der Waals surface area (Å²) in [5.74, 6) is -0.268.